The van der Waals surface area contributed by atoms with Crippen LogP contribution >= 0.6 is 0 Å². The molecule has 1 aliphatic carbocycles. The van der Waals surface area contributed by atoms with Gasteiger partial charge in [0.15, 0.2) is 0 Å². The topological polar surface area (TPSA) is 52.3 Å². The third-order valence-electron chi connectivity index (χ3n) is 2.93. The summed E-state index contributed by atoms with van der Waals surface area (Å²) in [6, 6.07) is 4.15. The molecular formula is C11H11NO2. The van der Waals surface area contributed by atoms with Crippen molar-refractivity contribution in [3.05, 3.63) is 48.3 Å². The first-order valence-corrected chi connectivity index (χ1v) is 4.67. The highest BCUT2D eigenvalue weighted by atomic mass is 16.3. The number of rotatable bonds is 2. The van der Waals surface area contributed by atoms with Crippen molar-refractivity contribution in [1.29, 1.82) is 0 Å². The number of nitrogens with two attached hydrogens (primary N) is 1. The Balaban J connectivity index is 1.87. The Morgan fingerprint density at radius 1 is 0.929 bits per heavy atom. The predicted octanol–water partition coefficient (Wildman–Crippen LogP) is 2.08. The first-order valence-electron chi connectivity index (χ1n) is 4.67. The Labute approximate surface area is 81.5 Å². The highest BCUT2D eigenvalue weighted by Crippen LogP contribution is 2.53. The van der Waals surface area contributed by atoms with E-state index < -0.39 is 0 Å². The highest BCUT2D eigenvalue weighted by molar-refractivity contribution is 5.38. The maximum atomic E-state index is 6.01. The monoisotopic (exact) mass is 189 g/mol. The van der Waals surface area contributed by atoms with Crippen molar-refractivity contribution >= 4 is 0 Å². The van der Waals surface area contributed by atoms with Crippen molar-refractivity contribution in [3.8, 4) is 0 Å². The zero-order valence-electron chi connectivity index (χ0n) is 7.59. The summed E-state index contributed by atoms with van der Waals surface area (Å²) in [5.74, 6) is 0.790. The van der Waals surface area contributed by atoms with Crippen LogP contribution < -0.4 is 5.73 Å². The summed E-state index contributed by atoms with van der Waals surface area (Å²) in [4.78, 5) is 0. The van der Waals surface area contributed by atoms with E-state index in [2.05, 4.69) is 0 Å². The largest absolute Gasteiger partial charge is 0.472 e. The lowest BCUT2D eigenvalue weighted by molar-refractivity contribution is 0.562. The van der Waals surface area contributed by atoms with E-state index >= 15 is 0 Å². The number of hydrogen-bond donors (Lipinski definition) is 1. The SMILES string of the molecule is NC1C(c2ccoc2)C1c1ccoc1. The van der Waals surface area contributed by atoms with Gasteiger partial charge in [-0.2, -0.15) is 0 Å². The third kappa shape index (κ3) is 1.02. The minimum atomic E-state index is 0.199. The summed E-state index contributed by atoms with van der Waals surface area (Å²) < 4.78 is 10.1. The molecule has 1 fully saturated rings. The lowest BCUT2D eigenvalue weighted by Crippen LogP contribution is -2.02. The van der Waals surface area contributed by atoms with Crippen LogP contribution in [-0.4, -0.2) is 6.04 Å². The van der Waals surface area contributed by atoms with Crippen LogP contribution in [0.2, 0.25) is 0 Å². The molecule has 0 radical (unpaired) electrons. The second-order valence-corrected chi connectivity index (χ2v) is 3.74. The molecule has 2 atom stereocenters. The third-order valence-corrected chi connectivity index (χ3v) is 2.93. The van der Waals surface area contributed by atoms with Crippen LogP contribution in [0.4, 0.5) is 0 Å². The van der Waals surface area contributed by atoms with Crippen LogP contribution in [0.25, 0.3) is 0 Å². The smallest absolute Gasteiger partial charge is 0.0938 e. The molecule has 0 saturated heterocycles. The summed E-state index contributed by atoms with van der Waals surface area (Å²) >= 11 is 0. The van der Waals surface area contributed by atoms with E-state index in [0.29, 0.717) is 11.8 Å². The van der Waals surface area contributed by atoms with E-state index in [-0.39, 0.29) is 6.04 Å². The van der Waals surface area contributed by atoms with Crippen molar-refractivity contribution < 1.29 is 8.83 Å². The molecule has 0 aromatic carbocycles. The summed E-state index contributed by atoms with van der Waals surface area (Å²) in [5.41, 5.74) is 8.38. The fourth-order valence-electron chi connectivity index (χ4n) is 2.12. The van der Waals surface area contributed by atoms with Gasteiger partial charge in [-0.25, -0.2) is 0 Å². The van der Waals surface area contributed by atoms with E-state index in [9.17, 15) is 0 Å². The maximum Gasteiger partial charge on any atom is 0.0938 e. The Morgan fingerprint density at radius 3 is 1.79 bits per heavy atom. The van der Waals surface area contributed by atoms with Gasteiger partial charge in [0.25, 0.3) is 0 Å². The van der Waals surface area contributed by atoms with Crippen molar-refractivity contribution in [2.45, 2.75) is 17.9 Å². The second-order valence-electron chi connectivity index (χ2n) is 3.74. The molecule has 14 heavy (non-hydrogen) atoms. The minimum Gasteiger partial charge on any atom is -0.472 e. The Hall–Kier alpha value is -1.48. The highest BCUT2D eigenvalue weighted by Gasteiger charge is 2.50. The predicted molar refractivity (Wildman–Crippen MR) is 50.9 cm³/mol. The molecule has 0 spiro atoms. The van der Waals surface area contributed by atoms with Crippen LogP contribution in [-0.2, 0) is 0 Å². The minimum absolute atomic E-state index is 0.199. The molecular weight excluding hydrogens is 178 g/mol. The Morgan fingerprint density at radius 2 is 1.43 bits per heavy atom. The van der Waals surface area contributed by atoms with Gasteiger partial charge in [-0.05, 0) is 23.3 Å². The lowest BCUT2D eigenvalue weighted by atomic mass is 10.1. The van der Waals surface area contributed by atoms with Crippen molar-refractivity contribution in [2.75, 3.05) is 0 Å². The van der Waals surface area contributed by atoms with Crippen LogP contribution in [0.3, 0.4) is 0 Å². The van der Waals surface area contributed by atoms with Gasteiger partial charge in [-0.3, -0.25) is 0 Å². The van der Waals surface area contributed by atoms with E-state index in [4.69, 9.17) is 14.6 Å². The molecule has 2 aromatic heterocycles. The van der Waals surface area contributed by atoms with Crippen LogP contribution in [0.5, 0.6) is 0 Å². The van der Waals surface area contributed by atoms with Crippen molar-refractivity contribution in [2.24, 2.45) is 5.73 Å². The molecule has 0 aliphatic heterocycles. The second kappa shape index (κ2) is 2.75. The quantitative estimate of drug-likeness (QED) is 0.786. The normalized spacial score (nSPS) is 30.5. The summed E-state index contributed by atoms with van der Waals surface area (Å²) in [6.45, 7) is 0. The number of furan rings is 2. The van der Waals surface area contributed by atoms with Crippen molar-refractivity contribution in [3.63, 3.8) is 0 Å². The van der Waals surface area contributed by atoms with Gasteiger partial charge in [0.05, 0.1) is 25.1 Å². The summed E-state index contributed by atoms with van der Waals surface area (Å²) in [6.07, 6.45) is 6.91. The molecule has 2 heterocycles. The first kappa shape index (κ1) is 7.88. The van der Waals surface area contributed by atoms with Crippen LogP contribution in [0, 0.1) is 0 Å². The Bertz CT molecular complexity index is 364. The van der Waals surface area contributed by atoms with Gasteiger partial charge in [-0.1, -0.05) is 0 Å². The van der Waals surface area contributed by atoms with E-state index in [1.807, 2.05) is 12.1 Å². The molecule has 2 N–H and O–H groups in total. The fourth-order valence-corrected chi connectivity index (χ4v) is 2.12. The van der Waals surface area contributed by atoms with Gasteiger partial charge in [0.2, 0.25) is 0 Å². The Kier molecular flexibility index (Phi) is 1.55. The molecule has 1 saturated carbocycles. The molecule has 2 unspecified atom stereocenters. The number of hydrogen-bond acceptors (Lipinski definition) is 3. The van der Waals surface area contributed by atoms with Crippen molar-refractivity contribution in [1.82, 2.24) is 0 Å². The molecule has 0 amide bonds. The molecule has 3 heteroatoms. The summed E-state index contributed by atoms with van der Waals surface area (Å²) in [5, 5.41) is 0. The zero-order chi connectivity index (χ0) is 9.54. The standard InChI is InChI=1S/C11H11NO2/c12-11-9(7-1-3-13-5-7)10(11)8-2-4-14-6-8/h1-6,9-11H,12H2. The lowest BCUT2D eigenvalue weighted by Gasteiger charge is -1.90. The van der Waals surface area contributed by atoms with Gasteiger partial charge in [-0.15, -0.1) is 0 Å². The molecule has 3 rings (SSSR count). The summed E-state index contributed by atoms with van der Waals surface area (Å²) in [7, 11) is 0. The molecule has 1 aliphatic rings. The van der Waals surface area contributed by atoms with Gasteiger partial charge in [0.1, 0.15) is 0 Å². The molecule has 2 aromatic rings. The maximum absolute atomic E-state index is 6.01. The fraction of sp³-hybridized carbons (Fsp3) is 0.273. The van der Waals surface area contributed by atoms with E-state index in [0.717, 1.165) is 0 Å². The van der Waals surface area contributed by atoms with Crippen LogP contribution in [0.1, 0.15) is 23.0 Å². The zero-order valence-corrected chi connectivity index (χ0v) is 7.59. The average molecular weight is 189 g/mol. The molecule has 0 bridgehead atoms. The van der Waals surface area contributed by atoms with E-state index in [1.54, 1.807) is 25.1 Å². The first-order chi connectivity index (χ1) is 6.88. The average Bonchev–Trinajstić information content (AvgIpc) is 2.76. The van der Waals surface area contributed by atoms with Gasteiger partial charge < -0.3 is 14.6 Å². The molecule has 72 valence electrons. The van der Waals surface area contributed by atoms with E-state index in [1.165, 1.54) is 11.1 Å². The van der Waals surface area contributed by atoms with Gasteiger partial charge >= 0.3 is 0 Å². The van der Waals surface area contributed by atoms with Gasteiger partial charge in [0, 0.05) is 17.9 Å². The van der Waals surface area contributed by atoms with Crippen LogP contribution in [0.15, 0.2) is 46.0 Å². The molecule has 3 nitrogen and oxygen atoms in total.